The summed E-state index contributed by atoms with van der Waals surface area (Å²) in [6, 6.07) is 13.5. The van der Waals surface area contributed by atoms with Crippen LogP contribution in [0.3, 0.4) is 0 Å². The summed E-state index contributed by atoms with van der Waals surface area (Å²) < 4.78 is 48.3. The molecular formula is C27H28BrClFN3O4S. The number of amides is 2. The number of sulfonamides is 1. The zero-order chi connectivity index (χ0) is 27.6. The van der Waals surface area contributed by atoms with Crippen LogP contribution in [0.15, 0.2) is 64.0 Å². The second kappa shape index (κ2) is 11.6. The van der Waals surface area contributed by atoms with Gasteiger partial charge in [-0.2, -0.15) is 4.31 Å². The summed E-state index contributed by atoms with van der Waals surface area (Å²) in [4.78, 5) is 15.1. The maximum absolute atomic E-state index is 14.2. The number of ether oxygens (including phenoxy) is 1. The number of carbonyl (C=O) groups excluding carboxylic acids is 1. The number of rotatable bonds is 7. The van der Waals surface area contributed by atoms with Gasteiger partial charge in [-0.25, -0.2) is 17.6 Å². The summed E-state index contributed by atoms with van der Waals surface area (Å²) in [7, 11) is -3.79. The molecule has 38 heavy (non-hydrogen) atoms. The van der Waals surface area contributed by atoms with Crippen LogP contribution in [-0.2, 0) is 23.0 Å². The van der Waals surface area contributed by atoms with E-state index in [9.17, 15) is 17.6 Å². The van der Waals surface area contributed by atoms with Crippen LogP contribution in [0.5, 0.6) is 11.5 Å². The smallest absolute Gasteiger partial charge is 0.322 e. The molecule has 3 aromatic rings. The molecule has 1 atom stereocenters. The minimum atomic E-state index is -3.79. The summed E-state index contributed by atoms with van der Waals surface area (Å²) in [5, 5.41) is 3.37. The van der Waals surface area contributed by atoms with E-state index in [2.05, 4.69) is 21.2 Å². The number of anilines is 1. The number of hydrogen-bond acceptors (Lipinski definition) is 4. The summed E-state index contributed by atoms with van der Waals surface area (Å²) in [6.07, 6.45) is 0.548. The highest BCUT2D eigenvalue weighted by Gasteiger charge is 2.30. The number of fused-ring (bicyclic) bond motifs is 1. The Morgan fingerprint density at radius 1 is 1.16 bits per heavy atom. The molecule has 11 heteroatoms. The third kappa shape index (κ3) is 5.83. The number of nitrogens with zero attached hydrogens (tertiary/aromatic N) is 2. The Kier molecular flexibility index (Phi) is 8.66. The van der Waals surface area contributed by atoms with Crippen LogP contribution in [0.25, 0.3) is 0 Å². The third-order valence-corrected chi connectivity index (χ3v) is 9.66. The largest absolute Gasteiger partial charge is 0.455 e. The zero-order valence-electron chi connectivity index (χ0n) is 21.2. The van der Waals surface area contributed by atoms with Crippen molar-refractivity contribution in [2.24, 2.45) is 0 Å². The Balaban J connectivity index is 1.69. The molecule has 4 rings (SSSR count). The number of halogens is 3. The van der Waals surface area contributed by atoms with Crippen LogP contribution in [0.2, 0.25) is 5.02 Å². The molecule has 0 saturated carbocycles. The molecule has 1 unspecified atom stereocenters. The second-order valence-electron chi connectivity index (χ2n) is 8.91. The van der Waals surface area contributed by atoms with Crippen molar-refractivity contribution in [3.05, 3.63) is 81.0 Å². The highest BCUT2D eigenvalue weighted by atomic mass is 79.9. The molecular weight excluding hydrogens is 597 g/mol. The number of urea groups is 1. The molecule has 1 aliphatic rings. The van der Waals surface area contributed by atoms with Gasteiger partial charge in [-0.15, -0.1) is 0 Å². The summed E-state index contributed by atoms with van der Waals surface area (Å²) in [6.45, 7) is 6.23. The van der Waals surface area contributed by atoms with Crippen molar-refractivity contribution < 1.29 is 22.3 Å². The van der Waals surface area contributed by atoms with Gasteiger partial charge < -0.3 is 15.0 Å². The van der Waals surface area contributed by atoms with Crippen molar-refractivity contribution in [1.29, 1.82) is 0 Å². The summed E-state index contributed by atoms with van der Waals surface area (Å²) in [5.74, 6) is 0.326. The number of hydrogen-bond donors (Lipinski definition) is 1. The van der Waals surface area contributed by atoms with Gasteiger partial charge in [0.1, 0.15) is 11.6 Å². The predicted molar refractivity (Wildman–Crippen MR) is 150 cm³/mol. The van der Waals surface area contributed by atoms with Crippen LogP contribution >= 0.6 is 27.5 Å². The molecule has 1 aliphatic heterocycles. The maximum Gasteiger partial charge on any atom is 0.322 e. The monoisotopic (exact) mass is 623 g/mol. The highest BCUT2D eigenvalue weighted by Crippen LogP contribution is 2.35. The lowest BCUT2D eigenvalue weighted by atomic mass is 9.95. The van der Waals surface area contributed by atoms with Gasteiger partial charge in [-0.1, -0.05) is 31.5 Å². The van der Waals surface area contributed by atoms with Gasteiger partial charge in [0.25, 0.3) is 0 Å². The van der Waals surface area contributed by atoms with E-state index in [-0.39, 0.29) is 28.9 Å². The Labute approximate surface area is 235 Å². The lowest BCUT2D eigenvalue weighted by Gasteiger charge is -2.35. The van der Waals surface area contributed by atoms with Crippen LogP contribution in [0, 0.1) is 5.82 Å². The number of benzene rings is 3. The van der Waals surface area contributed by atoms with Crippen molar-refractivity contribution in [3.8, 4) is 11.5 Å². The predicted octanol–water partition coefficient (Wildman–Crippen LogP) is 7.04. The molecule has 0 spiro atoms. The summed E-state index contributed by atoms with van der Waals surface area (Å²) >= 11 is 9.29. The average molecular weight is 625 g/mol. The van der Waals surface area contributed by atoms with Gasteiger partial charge in [0.15, 0.2) is 5.75 Å². The van der Waals surface area contributed by atoms with Gasteiger partial charge in [-0.05, 0) is 88.9 Å². The van der Waals surface area contributed by atoms with E-state index in [1.165, 1.54) is 28.6 Å². The van der Waals surface area contributed by atoms with Crippen LogP contribution < -0.4 is 10.1 Å². The fraction of sp³-hybridized carbons (Fsp3) is 0.296. The minimum Gasteiger partial charge on any atom is -0.455 e. The molecule has 1 heterocycles. The van der Waals surface area contributed by atoms with Crippen molar-refractivity contribution in [2.45, 2.75) is 44.7 Å². The number of carbonyl (C=O) groups is 1. The van der Waals surface area contributed by atoms with Crippen molar-refractivity contribution in [3.63, 3.8) is 0 Å². The average Bonchev–Trinajstić information content (AvgIpc) is 2.88. The first-order valence-corrected chi connectivity index (χ1v) is 14.8. The molecule has 2 amide bonds. The number of nitrogens with one attached hydrogen (secondary N) is 1. The molecule has 0 radical (unpaired) electrons. The Hall–Kier alpha value is -2.66. The Morgan fingerprint density at radius 2 is 1.84 bits per heavy atom. The van der Waals surface area contributed by atoms with E-state index in [4.69, 9.17) is 16.3 Å². The zero-order valence-corrected chi connectivity index (χ0v) is 24.3. The normalized spacial score (nSPS) is 15.3. The quantitative estimate of drug-likeness (QED) is 0.306. The fourth-order valence-corrected chi connectivity index (χ4v) is 6.53. The molecule has 202 valence electrons. The topological polar surface area (TPSA) is 79.0 Å². The first-order chi connectivity index (χ1) is 18.0. The van der Waals surface area contributed by atoms with E-state index in [0.717, 1.165) is 5.56 Å². The SMILES string of the molecule is CCN(CC)S(=O)(=O)c1ccc(Oc2ccc(Cl)cc2)c(NC(=O)N2Cc3c(ccc(F)c3Br)CC2C)c1. The standard InChI is InChI=1S/C27H28BrClFN3O4S/c1-4-32(5-2)38(35,36)21-11-13-25(37-20-9-7-19(29)8-10-20)24(15-21)31-27(34)33-16-22-18(14-17(33)3)6-12-23(30)26(22)28/h6-13,15,17H,4-5,14,16H2,1-3H3,(H,31,34). The Morgan fingerprint density at radius 3 is 2.50 bits per heavy atom. The van der Waals surface area contributed by atoms with Crippen molar-refractivity contribution >= 4 is 49.3 Å². The van der Waals surface area contributed by atoms with Gasteiger partial charge >= 0.3 is 6.03 Å². The molecule has 0 saturated heterocycles. The highest BCUT2D eigenvalue weighted by molar-refractivity contribution is 9.10. The molecule has 0 fully saturated rings. The molecule has 0 aromatic heterocycles. The lowest BCUT2D eigenvalue weighted by molar-refractivity contribution is 0.182. The van der Waals surface area contributed by atoms with Crippen LogP contribution in [-0.4, -0.2) is 42.8 Å². The van der Waals surface area contributed by atoms with E-state index >= 15 is 0 Å². The van der Waals surface area contributed by atoms with Crippen molar-refractivity contribution in [2.75, 3.05) is 18.4 Å². The maximum atomic E-state index is 14.2. The van der Waals surface area contributed by atoms with Gasteiger partial charge in [0.2, 0.25) is 10.0 Å². The van der Waals surface area contributed by atoms with Gasteiger partial charge in [-0.3, -0.25) is 0 Å². The fourth-order valence-electron chi connectivity index (χ4n) is 4.41. The lowest BCUT2D eigenvalue weighted by Crippen LogP contribution is -2.45. The van der Waals surface area contributed by atoms with Crippen LogP contribution in [0.1, 0.15) is 31.9 Å². The van der Waals surface area contributed by atoms with Gasteiger partial charge in [0.05, 0.1) is 15.1 Å². The molecule has 3 aromatic carbocycles. The van der Waals surface area contributed by atoms with Crippen LogP contribution in [0.4, 0.5) is 14.9 Å². The van der Waals surface area contributed by atoms with E-state index < -0.39 is 21.9 Å². The molecule has 0 aliphatic carbocycles. The minimum absolute atomic E-state index is 0.0295. The first kappa shape index (κ1) is 28.4. The van der Waals surface area contributed by atoms with Crippen molar-refractivity contribution in [1.82, 2.24) is 9.21 Å². The Bertz CT molecular complexity index is 1450. The summed E-state index contributed by atoms with van der Waals surface area (Å²) in [5.41, 5.74) is 1.86. The van der Waals surface area contributed by atoms with E-state index in [1.54, 1.807) is 49.1 Å². The van der Waals surface area contributed by atoms with E-state index in [1.807, 2.05) is 6.92 Å². The van der Waals surface area contributed by atoms with Gasteiger partial charge in [0, 0.05) is 30.7 Å². The molecule has 7 nitrogen and oxygen atoms in total. The third-order valence-electron chi connectivity index (χ3n) is 6.51. The second-order valence-corrected chi connectivity index (χ2v) is 12.1. The van der Waals surface area contributed by atoms with E-state index in [0.29, 0.717) is 40.3 Å². The first-order valence-electron chi connectivity index (χ1n) is 12.2. The molecule has 0 bridgehead atoms. The molecule has 1 N–H and O–H groups in total.